The molecule has 1 aromatic carbocycles. The summed E-state index contributed by atoms with van der Waals surface area (Å²) in [7, 11) is 1.63. The van der Waals surface area contributed by atoms with Crippen molar-refractivity contribution >= 4 is 21.9 Å². The molecule has 0 atom stereocenters. The van der Waals surface area contributed by atoms with Crippen molar-refractivity contribution in [3.63, 3.8) is 0 Å². The third-order valence-electron chi connectivity index (χ3n) is 3.40. The molecule has 1 saturated carbocycles. The molecule has 1 aliphatic rings. The number of halogens is 1. The lowest BCUT2D eigenvalue weighted by Crippen LogP contribution is -2.13. The van der Waals surface area contributed by atoms with Gasteiger partial charge in [-0.3, -0.25) is 4.79 Å². The molecule has 0 unspecified atom stereocenters. The molecular formula is C13H15BrO3. The summed E-state index contributed by atoms with van der Waals surface area (Å²) in [4.78, 5) is 10.9. The maximum absolute atomic E-state index is 10.9. The van der Waals surface area contributed by atoms with E-state index in [2.05, 4.69) is 22.0 Å². The summed E-state index contributed by atoms with van der Waals surface area (Å²) < 4.78 is 6.24. The molecule has 2 rings (SSSR count). The second kappa shape index (κ2) is 4.33. The van der Waals surface area contributed by atoms with Crippen molar-refractivity contribution in [2.24, 2.45) is 0 Å². The van der Waals surface area contributed by atoms with Gasteiger partial charge in [0.2, 0.25) is 0 Å². The van der Waals surface area contributed by atoms with E-state index in [0.29, 0.717) is 0 Å². The van der Waals surface area contributed by atoms with Crippen LogP contribution in [-0.2, 0) is 10.2 Å². The highest BCUT2D eigenvalue weighted by Crippen LogP contribution is 2.52. The van der Waals surface area contributed by atoms with Gasteiger partial charge in [0.05, 0.1) is 18.0 Å². The van der Waals surface area contributed by atoms with Crippen LogP contribution in [0.25, 0.3) is 0 Å². The van der Waals surface area contributed by atoms with E-state index in [0.717, 1.165) is 34.2 Å². The highest BCUT2D eigenvalue weighted by Gasteiger charge is 2.46. The molecule has 0 saturated heterocycles. The number of hydrogen-bond donors (Lipinski definition) is 1. The highest BCUT2D eigenvalue weighted by molar-refractivity contribution is 9.10. The predicted molar refractivity (Wildman–Crippen MR) is 68.6 cm³/mol. The van der Waals surface area contributed by atoms with Gasteiger partial charge >= 0.3 is 5.97 Å². The predicted octanol–water partition coefficient (Wildman–Crippen LogP) is 3.27. The van der Waals surface area contributed by atoms with Crippen LogP contribution in [0.15, 0.2) is 16.6 Å². The molecular weight excluding hydrogens is 284 g/mol. The van der Waals surface area contributed by atoms with Crippen molar-refractivity contribution in [3.05, 3.63) is 27.7 Å². The van der Waals surface area contributed by atoms with Gasteiger partial charge in [-0.05, 0) is 52.9 Å². The van der Waals surface area contributed by atoms with Crippen LogP contribution < -0.4 is 4.74 Å². The largest absolute Gasteiger partial charge is 0.496 e. The van der Waals surface area contributed by atoms with E-state index in [1.807, 2.05) is 13.0 Å². The number of hydrogen-bond acceptors (Lipinski definition) is 2. The average molecular weight is 299 g/mol. The zero-order valence-electron chi connectivity index (χ0n) is 9.92. The summed E-state index contributed by atoms with van der Waals surface area (Å²) in [6.45, 7) is 1.99. The second-order valence-electron chi connectivity index (χ2n) is 4.66. The van der Waals surface area contributed by atoms with Gasteiger partial charge in [-0.25, -0.2) is 0 Å². The van der Waals surface area contributed by atoms with Crippen LogP contribution in [0, 0.1) is 6.92 Å². The zero-order chi connectivity index (χ0) is 12.6. The maximum Gasteiger partial charge on any atom is 0.304 e. The zero-order valence-corrected chi connectivity index (χ0v) is 11.5. The van der Waals surface area contributed by atoms with Crippen molar-refractivity contribution in [2.75, 3.05) is 7.11 Å². The molecule has 0 spiro atoms. The number of ether oxygens (including phenoxy) is 1. The number of carboxylic acids is 1. The van der Waals surface area contributed by atoms with Crippen molar-refractivity contribution in [1.82, 2.24) is 0 Å². The van der Waals surface area contributed by atoms with E-state index < -0.39 is 5.97 Å². The third-order valence-corrected chi connectivity index (χ3v) is 4.41. The number of aliphatic carboxylic acids is 1. The molecule has 1 N–H and O–H groups in total. The van der Waals surface area contributed by atoms with Crippen LogP contribution in [0.4, 0.5) is 0 Å². The SMILES string of the molecule is COc1cc(C2(CC(=O)O)CC2)cc(C)c1Br. The summed E-state index contributed by atoms with van der Waals surface area (Å²) in [5.74, 6) is 0.0405. The molecule has 0 bridgehead atoms. The van der Waals surface area contributed by atoms with Gasteiger partial charge in [-0.2, -0.15) is 0 Å². The molecule has 1 aliphatic carbocycles. The molecule has 4 heteroatoms. The Morgan fingerprint density at radius 3 is 2.65 bits per heavy atom. The third kappa shape index (κ3) is 2.32. The topological polar surface area (TPSA) is 46.5 Å². The minimum absolute atomic E-state index is 0.162. The van der Waals surface area contributed by atoms with E-state index in [-0.39, 0.29) is 11.8 Å². The lowest BCUT2D eigenvalue weighted by atomic mass is 9.91. The van der Waals surface area contributed by atoms with Gasteiger partial charge in [0.1, 0.15) is 5.75 Å². The Morgan fingerprint density at radius 1 is 1.53 bits per heavy atom. The lowest BCUT2D eigenvalue weighted by molar-refractivity contribution is -0.137. The fraction of sp³-hybridized carbons (Fsp3) is 0.462. The fourth-order valence-corrected chi connectivity index (χ4v) is 2.59. The maximum atomic E-state index is 10.9. The summed E-state index contributed by atoms with van der Waals surface area (Å²) in [6, 6.07) is 4.01. The van der Waals surface area contributed by atoms with Crippen molar-refractivity contribution in [3.8, 4) is 5.75 Å². The quantitative estimate of drug-likeness (QED) is 0.928. The van der Waals surface area contributed by atoms with Gasteiger partial charge < -0.3 is 9.84 Å². The van der Waals surface area contributed by atoms with Crippen LogP contribution in [0.1, 0.15) is 30.4 Å². The molecule has 0 aliphatic heterocycles. The van der Waals surface area contributed by atoms with Gasteiger partial charge in [-0.15, -0.1) is 0 Å². The minimum atomic E-state index is -0.734. The average Bonchev–Trinajstić information content (AvgIpc) is 3.01. The first-order chi connectivity index (χ1) is 7.98. The van der Waals surface area contributed by atoms with Gasteiger partial charge in [0, 0.05) is 5.41 Å². The smallest absolute Gasteiger partial charge is 0.304 e. The first-order valence-corrected chi connectivity index (χ1v) is 6.34. The number of rotatable bonds is 4. The Bertz CT molecular complexity index is 464. The molecule has 3 nitrogen and oxygen atoms in total. The monoisotopic (exact) mass is 298 g/mol. The summed E-state index contributed by atoms with van der Waals surface area (Å²) in [6.07, 6.45) is 2.10. The van der Waals surface area contributed by atoms with Crippen LogP contribution in [0.5, 0.6) is 5.75 Å². The van der Waals surface area contributed by atoms with E-state index in [9.17, 15) is 4.79 Å². The van der Waals surface area contributed by atoms with Crippen LogP contribution >= 0.6 is 15.9 Å². The number of carboxylic acid groups (broad SMARTS) is 1. The Kier molecular flexibility index (Phi) is 3.17. The Morgan fingerprint density at radius 2 is 2.18 bits per heavy atom. The van der Waals surface area contributed by atoms with Crippen molar-refractivity contribution in [2.45, 2.75) is 31.6 Å². The summed E-state index contributed by atoms with van der Waals surface area (Å²) in [5.41, 5.74) is 2.00. The van der Waals surface area contributed by atoms with Gasteiger partial charge in [0.25, 0.3) is 0 Å². The molecule has 0 amide bonds. The van der Waals surface area contributed by atoms with E-state index in [1.54, 1.807) is 7.11 Å². The fourth-order valence-electron chi connectivity index (χ4n) is 2.20. The van der Waals surface area contributed by atoms with Crippen LogP contribution in [-0.4, -0.2) is 18.2 Å². The number of carbonyl (C=O) groups is 1. The van der Waals surface area contributed by atoms with Crippen LogP contribution in [0.2, 0.25) is 0 Å². The Balaban J connectivity index is 2.40. The normalized spacial score (nSPS) is 16.6. The number of methoxy groups -OCH3 is 1. The Hall–Kier alpha value is -1.03. The molecule has 1 fully saturated rings. The van der Waals surface area contributed by atoms with Gasteiger partial charge in [0.15, 0.2) is 0 Å². The highest BCUT2D eigenvalue weighted by atomic mass is 79.9. The van der Waals surface area contributed by atoms with E-state index in [1.165, 1.54) is 0 Å². The molecule has 1 aromatic rings. The first-order valence-electron chi connectivity index (χ1n) is 5.55. The lowest BCUT2D eigenvalue weighted by Gasteiger charge is -2.16. The number of benzene rings is 1. The minimum Gasteiger partial charge on any atom is -0.496 e. The first kappa shape index (κ1) is 12.4. The van der Waals surface area contributed by atoms with Crippen LogP contribution in [0.3, 0.4) is 0 Å². The standard InChI is InChI=1S/C13H15BrO3/c1-8-5-9(6-10(17-2)12(8)14)13(3-4-13)7-11(15)16/h5-6H,3-4,7H2,1-2H3,(H,15,16). The molecule has 17 heavy (non-hydrogen) atoms. The Labute approximate surface area is 109 Å². The van der Waals surface area contributed by atoms with E-state index >= 15 is 0 Å². The van der Waals surface area contributed by atoms with E-state index in [4.69, 9.17) is 9.84 Å². The molecule has 92 valence electrons. The van der Waals surface area contributed by atoms with Gasteiger partial charge in [-0.1, -0.05) is 6.07 Å². The second-order valence-corrected chi connectivity index (χ2v) is 5.45. The molecule has 0 heterocycles. The number of aryl methyl sites for hydroxylation is 1. The van der Waals surface area contributed by atoms with Crippen molar-refractivity contribution < 1.29 is 14.6 Å². The molecule has 0 radical (unpaired) electrons. The van der Waals surface area contributed by atoms with Crippen molar-refractivity contribution in [1.29, 1.82) is 0 Å². The summed E-state index contributed by atoms with van der Waals surface area (Å²) in [5, 5.41) is 8.96. The summed E-state index contributed by atoms with van der Waals surface area (Å²) >= 11 is 3.47. The molecule has 0 aromatic heterocycles.